The SMILES string of the molecule is N#Cc1cccc(OCC2=Nc3c(ccnc3CNCC3CCNCC3)C(=O)C2)c1. The van der Waals surface area contributed by atoms with Crippen molar-refractivity contribution in [1.82, 2.24) is 15.6 Å². The number of ether oxygens (including phenoxy) is 1. The molecule has 0 unspecified atom stereocenters. The van der Waals surface area contributed by atoms with Gasteiger partial charge in [0.15, 0.2) is 5.78 Å². The van der Waals surface area contributed by atoms with Gasteiger partial charge in [-0.15, -0.1) is 0 Å². The summed E-state index contributed by atoms with van der Waals surface area (Å²) in [6, 6.07) is 10.8. The summed E-state index contributed by atoms with van der Waals surface area (Å²) in [5.74, 6) is 1.29. The van der Waals surface area contributed by atoms with Crippen LogP contribution in [0.1, 0.15) is 40.9 Å². The predicted octanol–water partition coefficient (Wildman–Crippen LogP) is 2.78. The van der Waals surface area contributed by atoms with E-state index in [-0.39, 0.29) is 18.8 Å². The average molecular weight is 403 g/mol. The van der Waals surface area contributed by atoms with Gasteiger partial charge in [0.2, 0.25) is 0 Å². The van der Waals surface area contributed by atoms with Crippen LogP contribution in [0.2, 0.25) is 0 Å². The smallest absolute Gasteiger partial charge is 0.170 e. The Bertz CT molecular complexity index is 989. The summed E-state index contributed by atoms with van der Waals surface area (Å²) in [4.78, 5) is 21.8. The quantitative estimate of drug-likeness (QED) is 0.737. The van der Waals surface area contributed by atoms with Crippen LogP contribution in [0.3, 0.4) is 0 Å². The van der Waals surface area contributed by atoms with Gasteiger partial charge in [-0.2, -0.15) is 5.26 Å². The number of nitrogens with zero attached hydrogens (tertiary/aromatic N) is 3. The molecule has 0 amide bonds. The molecular weight excluding hydrogens is 378 g/mol. The van der Waals surface area contributed by atoms with E-state index in [4.69, 9.17) is 15.0 Å². The van der Waals surface area contributed by atoms with Gasteiger partial charge in [0.1, 0.15) is 12.4 Å². The fraction of sp³-hybridized carbons (Fsp3) is 0.391. The predicted molar refractivity (Wildman–Crippen MR) is 114 cm³/mol. The molecular formula is C23H25N5O2. The van der Waals surface area contributed by atoms with Crippen LogP contribution in [0.15, 0.2) is 41.5 Å². The molecule has 0 atom stereocenters. The highest BCUT2D eigenvalue weighted by Crippen LogP contribution is 2.29. The Morgan fingerprint density at radius 1 is 1.27 bits per heavy atom. The molecule has 2 aliphatic heterocycles. The number of nitriles is 1. The van der Waals surface area contributed by atoms with Crippen molar-refractivity contribution in [3.8, 4) is 11.8 Å². The highest BCUT2D eigenvalue weighted by molar-refractivity contribution is 6.16. The number of piperidine rings is 1. The number of rotatable bonds is 7. The molecule has 4 rings (SSSR count). The van der Waals surface area contributed by atoms with Crippen molar-refractivity contribution in [3.05, 3.63) is 53.3 Å². The van der Waals surface area contributed by atoms with E-state index in [1.807, 2.05) is 0 Å². The minimum Gasteiger partial charge on any atom is -0.488 e. The molecule has 1 fully saturated rings. The standard InChI is InChI=1S/C23H25N5O2/c24-12-17-2-1-3-19(10-17)30-15-18-11-22(29)20-6-9-27-21(23(20)28-18)14-26-13-16-4-7-25-8-5-16/h1-3,6,9-10,16,25-26H,4-5,7-8,11,13-15H2. The van der Waals surface area contributed by atoms with Gasteiger partial charge in [-0.3, -0.25) is 14.8 Å². The van der Waals surface area contributed by atoms with Crippen molar-refractivity contribution in [2.75, 3.05) is 26.2 Å². The first-order valence-electron chi connectivity index (χ1n) is 10.3. The molecule has 7 nitrogen and oxygen atoms in total. The van der Waals surface area contributed by atoms with Gasteiger partial charge in [0, 0.05) is 18.3 Å². The number of benzene rings is 1. The van der Waals surface area contributed by atoms with Crippen molar-refractivity contribution in [2.45, 2.75) is 25.8 Å². The average Bonchev–Trinajstić information content (AvgIpc) is 2.79. The molecule has 30 heavy (non-hydrogen) atoms. The van der Waals surface area contributed by atoms with Crippen LogP contribution in [0.5, 0.6) is 5.75 Å². The minimum absolute atomic E-state index is 0.0337. The number of aliphatic imine (C=N–C) groups is 1. The van der Waals surface area contributed by atoms with E-state index in [9.17, 15) is 4.79 Å². The molecule has 0 saturated carbocycles. The first-order valence-corrected chi connectivity index (χ1v) is 10.3. The van der Waals surface area contributed by atoms with Gasteiger partial charge in [-0.25, -0.2) is 0 Å². The third-order valence-corrected chi connectivity index (χ3v) is 5.49. The Morgan fingerprint density at radius 2 is 2.13 bits per heavy atom. The zero-order chi connectivity index (χ0) is 20.8. The Labute approximate surface area is 176 Å². The van der Waals surface area contributed by atoms with Crippen LogP contribution in [0.4, 0.5) is 5.69 Å². The van der Waals surface area contributed by atoms with E-state index in [1.54, 1.807) is 36.5 Å². The molecule has 2 N–H and O–H groups in total. The molecule has 0 bridgehead atoms. The zero-order valence-corrected chi connectivity index (χ0v) is 16.9. The lowest BCUT2D eigenvalue weighted by Crippen LogP contribution is -2.33. The topological polar surface area (TPSA) is 99.4 Å². The van der Waals surface area contributed by atoms with Crippen LogP contribution in [-0.2, 0) is 6.54 Å². The number of nitrogens with one attached hydrogen (secondary N) is 2. The third-order valence-electron chi connectivity index (χ3n) is 5.49. The van der Waals surface area contributed by atoms with Crippen LogP contribution in [-0.4, -0.2) is 42.7 Å². The number of Topliss-reactive ketones (excluding diaryl/α,β-unsaturated/α-hetero) is 1. The fourth-order valence-electron chi connectivity index (χ4n) is 3.84. The van der Waals surface area contributed by atoms with E-state index in [1.165, 1.54) is 12.8 Å². The van der Waals surface area contributed by atoms with E-state index in [0.29, 0.717) is 40.7 Å². The number of hydrogen-bond donors (Lipinski definition) is 2. The first kappa shape index (κ1) is 20.2. The summed E-state index contributed by atoms with van der Waals surface area (Å²) < 4.78 is 5.78. The van der Waals surface area contributed by atoms with Crippen LogP contribution < -0.4 is 15.4 Å². The Balaban J connectivity index is 1.44. The summed E-state index contributed by atoms with van der Waals surface area (Å²) >= 11 is 0. The number of pyridine rings is 1. The van der Waals surface area contributed by atoms with Gasteiger partial charge < -0.3 is 15.4 Å². The lowest BCUT2D eigenvalue weighted by Gasteiger charge is -2.23. The van der Waals surface area contributed by atoms with Crippen molar-refractivity contribution in [2.24, 2.45) is 10.9 Å². The van der Waals surface area contributed by atoms with Gasteiger partial charge >= 0.3 is 0 Å². The zero-order valence-electron chi connectivity index (χ0n) is 16.9. The Hall–Kier alpha value is -3.08. The molecule has 0 aliphatic carbocycles. The van der Waals surface area contributed by atoms with Crippen molar-refractivity contribution >= 4 is 17.2 Å². The second-order valence-electron chi connectivity index (χ2n) is 7.68. The lowest BCUT2D eigenvalue weighted by atomic mass is 9.98. The van der Waals surface area contributed by atoms with Gasteiger partial charge in [0.05, 0.1) is 35.1 Å². The van der Waals surface area contributed by atoms with Crippen molar-refractivity contribution < 1.29 is 9.53 Å². The molecule has 1 aromatic carbocycles. The molecule has 1 saturated heterocycles. The van der Waals surface area contributed by atoms with Crippen LogP contribution in [0.25, 0.3) is 0 Å². The summed E-state index contributed by atoms with van der Waals surface area (Å²) in [6.45, 7) is 3.88. The number of fused-ring (bicyclic) bond motifs is 1. The number of ketones is 1. The van der Waals surface area contributed by atoms with Gasteiger partial charge in [-0.1, -0.05) is 6.07 Å². The molecule has 3 heterocycles. The molecule has 0 radical (unpaired) electrons. The fourth-order valence-corrected chi connectivity index (χ4v) is 3.84. The summed E-state index contributed by atoms with van der Waals surface area (Å²) in [6.07, 6.45) is 4.27. The maximum atomic E-state index is 12.6. The van der Waals surface area contributed by atoms with E-state index in [2.05, 4.69) is 21.7 Å². The molecule has 1 aromatic heterocycles. The second-order valence-corrected chi connectivity index (χ2v) is 7.68. The van der Waals surface area contributed by atoms with Crippen molar-refractivity contribution in [3.63, 3.8) is 0 Å². The number of aromatic nitrogens is 1. The highest BCUT2D eigenvalue weighted by Gasteiger charge is 2.23. The normalized spacial score (nSPS) is 16.5. The summed E-state index contributed by atoms with van der Waals surface area (Å²) in [7, 11) is 0. The Morgan fingerprint density at radius 3 is 2.97 bits per heavy atom. The summed E-state index contributed by atoms with van der Waals surface area (Å²) in [5.41, 5.74) is 3.27. The number of carbonyl (C=O) groups excluding carboxylic acids is 1. The van der Waals surface area contributed by atoms with E-state index < -0.39 is 0 Å². The maximum absolute atomic E-state index is 12.6. The maximum Gasteiger partial charge on any atom is 0.170 e. The molecule has 154 valence electrons. The van der Waals surface area contributed by atoms with Crippen LogP contribution in [0, 0.1) is 17.2 Å². The molecule has 2 aromatic rings. The van der Waals surface area contributed by atoms with E-state index in [0.717, 1.165) is 25.3 Å². The molecule has 7 heteroatoms. The first-order chi connectivity index (χ1) is 14.7. The van der Waals surface area contributed by atoms with Gasteiger partial charge in [-0.05, 0) is 62.7 Å². The third kappa shape index (κ3) is 4.90. The summed E-state index contributed by atoms with van der Waals surface area (Å²) in [5, 5.41) is 15.9. The second kappa shape index (κ2) is 9.61. The lowest BCUT2D eigenvalue weighted by molar-refractivity contribution is 0.0998. The van der Waals surface area contributed by atoms with Crippen LogP contribution >= 0.6 is 0 Å². The van der Waals surface area contributed by atoms with E-state index >= 15 is 0 Å². The number of carbonyl (C=O) groups is 1. The number of hydrogen-bond acceptors (Lipinski definition) is 7. The van der Waals surface area contributed by atoms with Crippen molar-refractivity contribution in [1.29, 1.82) is 5.26 Å². The molecule has 2 aliphatic rings. The Kier molecular flexibility index (Phi) is 6.47. The molecule has 0 spiro atoms. The largest absolute Gasteiger partial charge is 0.488 e. The monoisotopic (exact) mass is 403 g/mol. The highest BCUT2D eigenvalue weighted by atomic mass is 16.5. The minimum atomic E-state index is 0.0337. The van der Waals surface area contributed by atoms with Gasteiger partial charge in [0.25, 0.3) is 0 Å².